The summed E-state index contributed by atoms with van der Waals surface area (Å²) in [6.45, 7) is 8.47. The van der Waals surface area contributed by atoms with Crippen molar-refractivity contribution in [2.75, 3.05) is 24.5 Å². The number of hydrogen-bond acceptors (Lipinski definition) is 3. The van der Waals surface area contributed by atoms with E-state index in [1.54, 1.807) is 13.0 Å². The molecule has 2 unspecified atom stereocenters. The second-order valence-corrected chi connectivity index (χ2v) is 6.08. The standard InChI is InChI=1S/C17H27FN2O/c1-4-7-19-13(3)15-10-16(18)12(2)9-17(15)20-8-5-6-14(21)11-20/h9-10,13-14,19,21H,4-8,11H2,1-3H3. The molecule has 0 radical (unpaired) electrons. The van der Waals surface area contributed by atoms with Crippen molar-refractivity contribution >= 4 is 5.69 Å². The van der Waals surface area contributed by atoms with Gasteiger partial charge >= 0.3 is 0 Å². The van der Waals surface area contributed by atoms with Gasteiger partial charge in [0.05, 0.1) is 6.10 Å². The van der Waals surface area contributed by atoms with Gasteiger partial charge < -0.3 is 15.3 Å². The van der Waals surface area contributed by atoms with Gasteiger partial charge in [-0.3, -0.25) is 0 Å². The van der Waals surface area contributed by atoms with Gasteiger partial charge in [-0.05, 0) is 62.9 Å². The second kappa shape index (κ2) is 7.23. The molecule has 0 aromatic heterocycles. The average Bonchev–Trinajstić information content (AvgIpc) is 2.47. The van der Waals surface area contributed by atoms with E-state index in [2.05, 4.69) is 24.1 Å². The van der Waals surface area contributed by atoms with E-state index in [4.69, 9.17) is 0 Å². The maximum atomic E-state index is 14.0. The molecule has 1 aliphatic rings. The van der Waals surface area contributed by atoms with E-state index >= 15 is 0 Å². The molecule has 2 rings (SSSR count). The lowest BCUT2D eigenvalue weighted by Crippen LogP contribution is -2.39. The van der Waals surface area contributed by atoms with Gasteiger partial charge in [0, 0.05) is 24.8 Å². The third kappa shape index (κ3) is 3.95. The van der Waals surface area contributed by atoms with Crippen LogP contribution in [0.4, 0.5) is 10.1 Å². The molecule has 0 aliphatic carbocycles. The largest absolute Gasteiger partial charge is 0.391 e. The number of β-amino-alcohol motifs (C(OH)–C–C–N with tert-alkyl or cyclic N) is 1. The molecule has 1 aromatic rings. The highest BCUT2D eigenvalue weighted by molar-refractivity contribution is 5.57. The summed E-state index contributed by atoms with van der Waals surface area (Å²) in [5.74, 6) is -0.156. The van der Waals surface area contributed by atoms with E-state index in [0.29, 0.717) is 12.1 Å². The van der Waals surface area contributed by atoms with Crippen LogP contribution in [0.15, 0.2) is 12.1 Å². The molecule has 2 atom stereocenters. The van der Waals surface area contributed by atoms with Crippen LogP contribution in [0.1, 0.15) is 50.3 Å². The van der Waals surface area contributed by atoms with Gasteiger partial charge in [-0.2, -0.15) is 0 Å². The third-order valence-corrected chi connectivity index (χ3v) is 4.21. The molecule has 1 aromatic carbocycles. The number of aliphatic hydroxyl groups excluding tert-OH is 1. The molecular weight excluding hydrogens is 267 g/mol. The topological polar surface area (TPSA) is 35.5 Å². The Kier molecular flexibility index (Phi) is 5.59. The molecule has 118 valence electrons. The Balaban J connectivity index is 2.31. The normalized spacial score (nSPS) is 20.6. The molecule has 1 fully saturated rings. The van der Waals surface area contributed by atoms with E-state index in [1.807, 2.05) is 6.07 Å². The third-order valence-electron chi connectivity index (χ3n) is 4.21. The van der Waals surface area contributed by atoms with Crippen LogP contribution in [0.25, 0.3) is 0 Å². The van der Waals surface area contributed by atoms with Gasteiger partial charge in [-0.15, -0.1) is 0 Å². The molecule has 3 nitrogen and oxygen atoms in total. The highest BCUT2D eigenvalue weighted by Gasteiger charge is 2.23. The lowest BCUT2D eigenvalue weighted by Gasteiger charge is -2.35. The lowest BCUT2D eigenvalue weighted by atomic mass is 9.99. The predicted molar refractivity (Wildman–Crippen MR) is 85.3 cm³/mol. The number of nitrogens with zero attached hydrogens (tertiary/aromatic N) is 1. The number of piperidine rings is 1. The number of rotatable bonds is 5. The van der Waals surface area contributed by atoms with Crippen molar-refractivity contribution in [3.8, 4) is 0 Å². The fourth-order valence-electron chi connectivity index (χ4n) is 2.95. The molecule has 2 N–H and O–H groups in total. The van der Waals surface area contributed by atoms with Gasteiger partial charge in [0.1, 0.15) is 5.82 Å². The summed E-state index contributed by atoms with van der Waals surface area (Å²) < 4.78 is 14.0. The van der Waals surface area contributed by atoms with Crippen LogP contribution in [0, 0.1) is 12.7 Å². The Labute approximate surface area is 127 Å². The maximum Gasteiger partial charge on any atom is 0.126 e. The van der Waals surface area contributed by atoms with Gasteiger partial charge in [-0.1, -0.05) is 6.92 Å². The van der Waals surface area contributed by atoms with E-state index in [9.17, 15) is 9.50 Å². The van der Waals surface area contributed by atoms with Crippen molar-refractivity contribution in [3.63, 3.8) is 0 Å². The number of aryl methyl sites for hydroxylation is 1. The fraction of sp³-hybridized carbons (Fsp3) is 0.647. The van der Waals surface area contributed by atoms with E-state index in [0.717, 1.165) is 43.6 Å². The van der Waals surface area contributed by atoms with Crippen molar-refractivity contribution in [2.24, 2.45) is 0 Å². The number of hydrogen-bond donors (Lipinski definition) is 2. The lowest BCUT2D eigenvalue weighted by molar-refractivity contribution is 0.154. The van der Waals surface area contributed by atoms with Gasteiger partial charge in [0.15, 0.2) is 0 Å². The fourth-order valence-corrected chi connectivity index (χ4v) is 2.95. The van der Waals surface area contributed by atoms with Gasteiger partial charge in [-0.25, -0.2) is 4.39 Å². The monoisotopic (exact) mass is 294 g/mol. The summed E-state index contributed by atoms with van der Waals surface area (Å²) >= 11 is 0. The first-order valence-electron chi connectivity index (χ1n) is 7.99. The first-order chi connectivity index (χ1) is 10.0. The van der Waals surface area contributed by atoms with Crippen LogP contribution < -0.4 is 10.2 Å². The molecule has 1 aliphatic heterocycles. The molecule has 0 spiro atoms. The van der Waals surface area contributed by atoms with Crippen LogP contribution in [-0.4, -0.2) is 30.8 Å². The first-order valence-corrected chi connectivity index (χ1v) is 7.99. The first kappa shape index (κ1) is 16.2. The van der Waals surface area contributed by atoms with Crippen molar-refractivity contribution in [2.45, 2.75) is 52.2 Å². The molecule has 0 amide bonds. The predicted octanol–water partition coefficient (Wildman–Crippen LogP) is 3.16. The molecule has 0 bridgehead atoms. The summed E-state index contributed by atoms with van der Waals surface area (Å²) in [4.78, 5) is 2.19. The Morgan fingerprint density at radius 2 is 2.24 bits per heavy atom. The minimum atomic E-state index is -0.282. The van der Waals surface area contributed by atoms with Gasteiger partial charge in [0.25, 0.3) is 0 Å². The van der Waals surface area contributed by atoms with E-state index in [-0.39, 0.29) is 18.0 Å². The van der Waals surface area contributed by atoms with E-state index < -0.39 is 0 Å². The zero-order valence-corrected chi connectivity index (χ0v) is 13.3. The highest BCUT2D eigenvalue weighted by atomic mass is 19.1. The van der Waals surface area contributed by atoms with Crippen molar-refractivity contribution in [3.05, 3.63) is 29.1 Å². The summed E-state index contributed by atoms with van der Waals surface area (Å²) in [5, 5.41) is 13.3. The Bertz CT molecular complexity index is 478. The minimum absolute atomic E-state index is 0.106. The van der Waals surface area contributed by atoms with Crippen LogP contribution >= 0.6 is 0 Å². The second-order valence-electron chi connectivity index (χ2n) is 6.08. The molecule has 1 heterocycles. The summed E-state index contributed by atoms with van der Waals surface area (Å²) in [6.07, 6.45) is 2.61. The molecule has 1 saturated heterocycles. The smallest absolute Gasteiger partial charge is 0.126 e. The summed E-state index contributed by atoms with van der Waals surface area (Å²) in [7, 11) is 0. The number of anilines is 1. The van der Waals surface area contributed by atoms with Crippen molar-refractivity contribution in [1.82, 2.24) is 5.32 Å². The molecule has 21 heavy (non-hydrogen) atoms. The quantitative estimate of drug-likeness (QED) is 0.875. The summed E-state index contributed by atoms with van der Waals surface area (Å²) in [6, 6.07) is 3.68. The SMILES string of the molecule is CCCNC(C)c1cc(F)c(C)cc1N1CCCC(O)C1. The maximum absolute atomic E-state index is 14.0. The highest BCUT2D eigenvalue weighted by Crippen LogP contribution is 2.31. The molecule has 0 saturated carbocycles. The Morgan fingerprint density at radius 1 is 1.48 bits per heavy atom. The van der Waals surface area contributed by atoms with Crippen molar-refractivity contribution in [1.29, 1.82) is 0 Å². The van der Waals surface area contributed by atoms with E-state index in [1.165, 1.54) is 0 Å². The zero-order valence-electron chi connectivity index (χ0n) is 13.3. The molecule has 4 heteroatoms. The van der Waals surface area contributed by atoms with Gasteiger partial charge in [0.2, 0.25) is 0 Å². The Hall–Kier alpha value is -1.13. The summed E-state index contributed by atoms with van der Waals surface area (Å²) in [5.41, 5.74) is 2.71. The average molecular weight is 294 g/mol. The van der Waals surface area contributed by atoms with Crippen LogP contribution in [0.2, 0.25) is 0 Å². The zero-order chi connectivity index (χ0) is 15.4. The number of halogens is 1. The van der Waals surface area contributed by atoms with Crippen LogP contribution in [0.5, 0.6) is 0 Å². The molecular formula is C17H27FN2O. The number of nitrogens with one attached hydrogen (secondary N) is 1. The number of benzene rings is 1. The van der Waals surface area contributed by atoms with Crippen LogP contribution in [0.3, 0.4) is 0 Å². The minimum Gasteiger partial charge on any atom is -0.391 e. The van der Waals surface area contributed by atoms with Crippen molar-refractivity contribution < 1.29 is 9.50 Å². The Morgan fingerprint density at radius 3 is 2.90 bits per heavy atom. The van der Waals surface area contributed by atoms with Crippen LogP contribution in [-0.2, 0) is 0 Å². The number of aliphatic hydroxyl groups is 1.